The Morgan fingerprint density at radius 2 is 1.72 bits per heavy atom. The predicted molar refractivity (Wildman–Crippen MR) is 251 cm³/mol. The summed E-state index contributed by atoms with van der Waals surface area (Å²) in [6.45, 7) is 14.1. The topological polar surface area (TPSA) is 162 Å². The van der Waals surface area contributed by atoms with E-state index in [2.05, 4.69) is 20.5 Å². The summed E-state index contributed by atoms with van der Waals surface area (Å²) < 4.78 is 58.8. The molecule has 0 spiro atoms. The number of carboxylic acid groups (broad SMARTS) is 1. The zero-order valence-corrected chi connectivity index (χ0v) is 39.7. The summed E-state index contributed by atoms with van der Waals surface area (Å²) in [5.74, 6) is -1.63. The maximum Gasteiger partial charge on any atom is 0.408 e. The highest BCUT2D eigenvalue weighted by Crippen LogP contribution is 2.45. The van der Waals surface area contributed by atoms with Crippen LogP contribution in [0.1, 0.15) is 103 Å². The molecule has 7 rings (SSSR count). The van der Waals surface area contributed by atoms with Gasteiger partial charge in [-0.2, -0.15) is 0 Å². The lowest BCUT2D eigenvalue weighted by atomic mass is 9.84. The molecular weight excluding hydrogens is 868 g/mol. The summed E-state index contributed by atoms with van der Waals surface area (Å²) in [5, 5.41) is 24.8. The SMILES string of the molecule is CO[C@@H](C)c1ncc(N2CCN3CCCCC3C2)cc1-c1c(CC(C)(C)CO)c2cc(-c3cccc(CC(NC(=O)OC(C)(C)C)C(=O)N4CCCC(C(=O)O)N4)c3)ccc2n1C(F)C(F)F. The first kappa shape index (κ1) is 49.7. The lowest BCUT2D eigenvalue weighted by molar-refractivity contribution is -0.147. The maximum atomic E-state index is 16.5. The molecule has 3 saturated heterocycles. The molecule has 17 heteroatoms. The van der Waals surface area contributed by atoms with E-state index < -0.39 is 59.9 Å². The fourth-order valence-electron chi connectivity index (χ4n) is 9.66. The lowest BCUT2D eigenvalue weighted by Gasteiger charge is -2.45. The number of pyridine rings is 1. The van der Waals surface area contributed by atoms with Crippen molar-refractivity contribution in [1.29, 1.82) is 0 Å². The molecule has 0 bridgehead atoms. The number of carboxylic acids is 1. The minimum absolute atomic E-state index is 0.0120. The highest BCUT2D eigenvalue weighted by molar-refractivity contribution is 5.96. The summed E-state index contributed by atoms with van der Waals surface area (Å²) in [7, 11) is 1.54. The van der Waals surface area contributed by atoms with Crippen LogP contribution >= 0.6 is 0 Å². The molecule has 0 aliphatic carbocycles. The van der Waals surface area contributed by atoms with Crippen LogP contribution in [0.15, 0.2) is 54.7 Å². The number of nitrogens with zero attached hydrogens (tertiary/aromatic N) is 5. The standard InChI is InChI=1S/C50H66F3N7O7/c1-30(66-7)42-37(25-35(27-54-42)58-21-20-57-18-9-8-14-34(57)28-58)43-38(26-50(5,6)29-61)36-24-33(16-17-41(36)60(43)45(53)44(51)52)32-13-10-12-31(22-32)23-40(55-48(65)67-49(2,3)4)46(62)59-19-11-15-39(56-59)47(63)64/h10,12-13,16-17,22,24-25,27,30,34,39-40,44-45,56,61H,8-9,11,14-15,18-21,23,26,28-29H2,1-7H3,(H,55,65)(H,63,64)/t30-,34?,39?,40?,45?/m0/s1. The number of aliphatic hydroxyl groups is 1. The Morgan fingerprint density at radius 1 is 0.955 bits per heavy atom. The number of piperidine rings is 1. The van der Waals surface area contributed by atoms with Crippen LogP contribution < -0.4 is 15.6 Å². The van der Waals surface area contributed by atoms with Crippen LogP contribution in [0.4, 0.5) is 23.7 Å². The second kappa shape index (κ2) is 20.6. The predicted octanol–water partition coefficient (Wildman–Crippen LogP) is 8.06. The summed E-state index contributed by atoms with van der Waals surface area (Å²) in [5.41, 5.74) is 5.96. The summed E-state index contributed by atoms with van der Waals surface area (Å²) >= 11 is 0. The Hall–Kier alpha value is -5.23. The Kier molecular flexibility index (Phi) is 15.2. The number of carbonyl (C=O) groups excluding carboxylic acids is 2. The number of aromatic nitrogens is 2. The highest BCUT2D eigenvalue weighted by Gasteiger charge is 2.37. The number of fused-ring (bicyclic) bond motifs is 2. The number of piperazine rings is 1. The van der Waals surface area contributed by atoms with Crippen molar-refractivity contribution >= 4 is 34.6 Å². The summed E-state index contributed by atoms with van der Waals surface area (Å²) in [6, 6.07) is 12.7. The zero-order chi connectivity index (χ0) is 48.4. The molecule has 5 atom stereocenters. The smallest absolute Gasteiger partial charge is 0.408 e. The lowest BCUT2D eigenvalue weighted by Crippen LogP contribution is -2.60. The number of aliphatic carboxylic acids is 1. The van der Waals surface area contributed by atoms with Crippen LogP contribution in [-0.4, -0.2) is 124 Å². The summed E-state index contributed by atoms with van der Waals surface area (Å²) in [4.78, 5) is 48.7. The third-order valence-electron chi connectivity index (χ3n) is 13.2. The number of ether oxygens (including phenoxy) is 2. The van der Waals surface area contributed by atoms with Crippen molar-refractivity contribution in [1.82, 2.24) is 30.2 Å². The fourth-order valence-corrected chi connectivity index (χ4v) is 9.66. The van der Waals surface area contributed by atoms with E-state index in [0.29, 0.717) is 57.8 Å². The van der Waals surface area contributed by atoms with E-state index in [1.54, 1.807) is 58.3 Å². The van der Waals surface area contributed by atoms with Gasteiger partial charge >= 0.3 is 12.1 Å². The number of hydrogen-bond donors (Lipinski definition) is 4. The second-order valence-corrected chi connectivity index (χ2v) is 20.0. The van der Waals surface area contributed by atoms with Gasteiger partial charge in [0.1, 0.15) is 17.7 Å². The molecule has 0 saturated carbocycles. The molecule has 3 aliphatic heterocycles. The van der Waals surface area contributed by atoms with Crippen molar-refractivity contribution in [2.75, 3.05) is 51.3 Å². The van der Waals surface area contributed by atoms with Crippen LogP contribution in [0.25, 0.3) is 33.3 Å². The van der Waals surface area contributed by atoms with Crippen molar-refractivity contribution < 1.29 is 47.2 Å². The average Bonchev–Trinajstić information content (AvgIpc) is 3.61. The molecular formula is C50H66F3N7O7. The van der Waals surface area contributed by atoms with Gasteiger partial charge in [0.15, 0.2) is 0 Å². The number of methoxy groups -OCH3 is 1. The minimum Gasteiger partial charge on any atom is -0.480 e. The number of alkyl halides is 3. The van der Waals surface area contributed by atoms with Crippen LogP contribution in [0, 0.1) is 5.41 Å². The largest absolute Gasteiger partial charge is 0.480 e. The van der Waals surface area contributed by atoms with E-state index >= 15 is 4.39 Å². The minimum atomic E-state index is -3.37. The average molecular weight is 934 g/mol. The number of benzene rings is 2. The molecule has 14 nitrogen and oxygen atoms in total. The third kappa shape index (κ3) is 11.4. The first-order valence-electron chi connectivity index (χ1n) is 23.4. The molecule has 4 aromatic rings. The second-order valence-electron chi connectivity index (χ2n) is 20.0. The Bertz CT molecular complexity index is 2420. The normalized spacial score (nSPS) is 19.8. The number of carbonyl (C=O) groups is 3. The highest BCUT2D eigenvalue weighted by atomic mass is 19.3. The van der Waals surface area contributed by atoms with Gasteiger partial charge in [-0.3, -0.25) is 24.5 Å². The molecule has 2 aromatic heterocycles. The van der Waals surface area contributed by atoms with E-state index in [1.807, 2.05) is 45.0 Å². The van der Waals surface area contributed by atoms with E-state index in [-0.39, 0.29) is 37.2 Å². The van der Waals surface area contributed by atoms with E-state index in [0.717, 1.165) is 49.3 Å². The molecule has 364 valence electrons. The van der Waals surface area contributed by atoms with Gasteiger partial charge < -0.3 is 34.5 Å². The van der Waals surface area contributed by atoms with Gasteiger partial charge in [-0.25, -0.2) is 23.4 Å². The molecule has 4 N–H and O–H groups in total. The molecule has 0 radical (unpaired) electrons. The number of hydrogen-bond acceptors (Lipinski definition) is 10. The van der Waals surface area contributed by atoms with Gasteiger partial charge in [0.05, 0.1) is 34.9 Å². The number of alkyl carbamates (subject to hydrolysis) is 1. The van der Waals surface area contributed by atoms with E-state index in [9.17, 15) is 33.4 Å². The Morgan fingerprint density at radius 3 is 2.42 bits per heavy atom. The van der Waals surface area contributed by atoms with Crippen molar-refractivity contribution in [3.63, 3.8) is 0 Å². The zero-order valence-electron chi connectivity index (χ0n) is 39.7. The van der Waals surface area contributed by atoms with Crippen LogP contribution in [-0.2, 0) is 31.9 Å². The number of rotatable bonds is 15. The van der Waals surface area contributed by atoms with E-state index in [1.165, 1.54) is 11.4 Å². The van der Waals surface area contributed by atoms with Gasteiger partial charge in [0, 0.05) is 63.3 Å². The van der Waals surface area contributed by atoms with Crippen molar-refractivity contribution in [3.8, 4) is 22.4 Å². The molecule has 67 heavy (non-hydrogen) atoms. The van der Waals surface area contributed by atoms with Gasteiger partial charge in [0.2, 0.25) is 6.30 Å². The molecule has 3 aliphatic rings. The molecule has 4 unspecified atom stereocenters. The van der Waals surface area contributed by atoms with Crippen LogP contribution in [0.3, 0.4) is 0 Å². The first-order valence-corrected chi connectivity index (χ1v) is 23.4. The van der Waals surface area contributed by atoms with Crippen LogP contribution in [0.2, 0.25) is 0 Å². The third-order valence-corrected chi connectivity index (χ3v) is 13.2. The maximum absolute atomic E-state index is 16.5. The van der Waals surface area contributed by atoms with Gasteiger partial charge in [-0.15, -0.1) is 0 Å². The van der Waals surface area contributed by atoms with Gasteiger partial charge in [-0.05, 0) is 112 Å². The molecule has 3 fully saturated rings. The van der Waals surface area contributed by atoms with E-state index in [4.69, 9.17) is 14.5 Å². The fraction of sp³-hybridized carbons (Fsp3) is 0.560. The van der Waals surface area contributed by atoms with Crippen LogP contribution in [0.5, 0.6) is 0 Å². The van der Waals surface area contributed by atoms with Crippen molar-refractivity contribution in [2.45, 2.75) is 129 Å². The summed E-state index contributed by atoms with van der Waals surface area (Å²) in [6.07, 6.45) is -1.31. The number of hydrazine groups is 1. The molecule has 5 heterocycles. The van der Waals surface area contributed by atoms with Gasteiger partial charge in [0.25, 0.3) is 12.3 Å². The van der Waals surface area contributed by atoms with Crippen molar-refractivity contribution in [2.24, 2.45) is 5.41 Å². The van der Waals surface area contributed by atoms with Crippen molar-refractivity contribution in [3.05, 3.63) is 71.5 Å². The Labute approximate surface area is 390 Å². The van der Waals surface area contributed by atoms with Gasteiger partial charge in [-0.1, -0.05) is 50.6 Å². The molecule has 2 aromatic carbocycles. The Balaban J connectivity index is 1.34. The number of anilines is 1. The number of nitrogens with one attached hydrogen (secondary N) is 2. The number of amides is 2. The first-order chi connectivity index (χ1) is 31.8. The number of halogens is 3. The monoisotopic (exact) mass is 933 g/mol. The molecule has 2 amide bonds. The number of aliphatic hydroxyl groups excluding tert-OH is 1. The quantitative estimate of drug-likeness (QED) is 0.0913.